The lowest BCUT2D eigenvalue weighted by Crippen LogP contribution is -2.60. The molecule has 0 radical (unpaired) electrons. The Morgan fingerprint density at radius 3 is 2.32 bits per heavy atom. The number of hydrogen-bond acceptors (Lipinski definition) is 3. The van der Waals surface area contributed by atoms with Crippen LogP contribution in [0.2, 0.25) is 0 Å². The number of hydrogen-bond donors (Lipinski definition) is 1. The van der Waals surface area contributed by atoms with Crippen molar-refractivity contribution >= 4 is 16.7 Å². The SMILES string of the molecule is O=C(Cn1nc(-c2ccc3ccccc3c2)ccc1=O)NC12CC3CC(CC(C3)C1)C2. The number of nitrogens with one attached hydrogen (secondary N) is 1. The maximum Gasteiger partial charge on any atom is 0.267 e. The van der Waals surface area contributed by atoms with Gasteiger partial charge in [-0.3, -0.25) is 9.59 Å². The summed E-state index contributed by atoms with van der Waals surface area (Å²) < 4.78 is 1.31. The Morgan fingerprint density at radius 1 is 0.935 bits per heavy atom. The van der Waals surface area contributed by atoms with Gasteiger partial charge in [0.25, 0.3) is 5.56 Å². The molecule has 2 aromatic carbocycles. The molecule has 5 heteroatoms. The van der Waals surface area contributed by atoms with Crippen molar-refractivity contribution in [2.24, 2.45) is 17.8 Å². The van der Waals surface area contributed by atoms with Crippen molar-refractivity contribution < 1.29 is 4.79 Å². The van der Waals surface area contributed by atoms with Gasteiger partial charge in [-0.25, -0.2) is 4.68 Å². The minimum atomic E-state index is -0.245. The quantitative estimate of drug-likeness (QED) is 0.699. The highest BCUT2D eigenvalue weighted by atomic mass is 16.2. The van der Waals surface area contributed by atoms with Crippen molar-refractivity contribution in [1.29, 1.82) is 0 Å². The van der Waals surface area contributed by atoms with Gasteiger partial charge in [0, 0.05) is 17.2 Å². The topological polar surface area (TPSA) is 64.0 Å². The lowest BCUT2D eigenvalue weighted by molar-refractivity contribution is -0.127. The standard InChI is InChI=1S/C26H27N3O2/c30-24(27-26-13-17-9-18(14-26)11-19(10-17)15-26)16-29-25(31)8-7-23(28-29)22-6-5-20-3-1-2-4-21(20)12-22/h1-8,12,17-19H,9-11,13-16H2,(H,27,30). The van der Waals surface area contributed by atoms with Crippen LogP contribution >= 0.6 is 0 Å². The van der Waals surface area contributed by atoms with E-state index in [9.17, 15) is 9.59 Å². The van der Waals surface area contributed by atoms with E-state index in [-0.39, 0.29) is 23.6 Å². The summed E-state index contributed by atoms with van der Waals surface area (Å²) in [4.78, 5) is 25.4. The highest BCUT2D eigenvalue weighted by Crippen LogP contribution is 2.55. The summed E-state index contributed by atoms with van der Waals surface area (Å²) >= 11 is 0. The van der Waals surface area contributed by atoms with E-state index in [1.807, 2.05) is 18.2 Å². The van der Waals surface area contributed by atoms with Gasteiger partial charge < -0.3 is 5.32 Å². The predicted octanol–water partition coefficient (Wildman–Crippen LogP) is 4.15. The van der Waals surface area contributed by atoms with Crippen LogP contribution in [0.25, 0.3) is 22.0 Å². The van der Waals surface area contributed by atoms with E-state index >= 15 is 0 Å². The molecular formula is C26H27N3O2. The molecule has 0 saturated heterocycles. The first-order valence-electron chi connectivity index (χ1n) is 11.4. The molecule has 4 aliphatic carbocycles. The minimum Gasteiger partial charge on any atom is -0.349 e. The van der Waals surface area contributed by atoms with Crippen LogP contribution in [0, 0.1) is 17.8 Å². The van der Waals surface area contributed by atoms with E-state index in [4.69, 9.17) is 0 Å². The average molecular weight is 414 g/mol. The van der Waals surface area contributed by atoms with Crippen molar-refractivity contribution in [3.63, 3.8) is 0 Å². The van der Waals surface area contributed by atoms with E-state index in [1.165, 1.54) is 30.0 Å². The Bertz CT molecular complexity index is 1190. The van der Waals surface area contributed by atoms with E-state index in [0.717, 1.165) is 53.4 Å². The van der Waals surface area contributed by atoms with Crippen molar-refractivity contribution in [2.75, 3.05) is 0 Å². The number of carbonyl (C=O) groups excluding carboxylic acids is 1. The van der Waals surface area contributed by atoms with Gasteiger partial charge in [-0.2, -0.15) is 5.10 Å². The molecule has 31 heavy (non-hydrogen) atoms. The van der Waals surface area contributed by atoms with Crippen molar-refractivity contribution in [3.05, 3.63) is 65.0 Å². The van der Waals surface area contributed by atoms with Gasteiger partial charge in [0.15, 0.2) is 0 Å². The van der Waals surface area contributed by atoms with E-state index < -0.39 is 0 Å². The monoisotopic (exact) mass is 413 g/mol. The Morgan fingerprint density at radius 2 is 1.61 bits per heavy atom. The van der Waals surface area contributed by atoms with Crippen LogP contribution < -0.4 is 10.9 Å². The second kappa shape index (κ2) is 7.04. The van der Waals surface area contributed by atoms with Crippen LogP contribution in [0.3, 0.4) is 0 Å². The van der Waals surface area contributed by atoms with Crippen LogP contribution in [0.1, 0.15) is 38.5 Å². The highest BCUT2D eigenvalue weighted by molar-refractivity contribution is 5.86. The molecule has 7 rings (SSSR count). The second-order valence-corrected chi connectivity index (χ2v) is 10.0. The summed E-state index contributed by atoms with van der Waals surface area (Å²) in [6.45, 7) is -0.0258. The zero-order valence-corrected chi connectivity index (χ0v) is 17.6. The summed E-state index contributed by atoms with van der Waals surface area (Å²) in [5.74, 6) is 2.21. The lowest BCUT2D eigenvalue weighted by atomic mass is 9.53. The van der Waals surface area contributed by atoms with Crippen LogP contribution in [0.15, 0.2) is 59.4 Å². The normalized spacial score (nSPS) is 28.7. The number of amides is 1. The summed E-state index contributed by atoms with van der Waals surface area (Å²) in [6, 6.07) is 17.5. The molecule has 1 heterocycles. The molecule has 0 atom stereocenters. The van der Waals surface area contributed by atoms with E-state index in [0.29, 0.717) is 5.69 Å². The first-order chi connectivity index (χ1) is 15.1. The minimum absolute atomic E-state index is 0.0258. The molecule has 4 fully saturated rings. The average Bonchev–Trinajstić information content (AvgIpc) is 2.73. The van der Waals surface area contributed by atoms with Crippen molar-refractivity contribution in [1.82, 2.24) is 15.1 Å². The number of fused-ring (bicyclic) bond motifs is 1. The fraction of sp³-hybridized carbons (Fsp3) is 0.423. The number of rotatable bonds is 4. The van der Waals surface area contributed by atoms with Gasteiger partial charge in [0.2, 0.25) is 5.91 Å². The van der Waals surface area contributed by atoms with Gasteiger partial charge in [-0.15, -0.1) is 0 Å². The van der Waals surface area contributed by atoms with Gasteiger partial charge in [-0.05, 0) is 79.2 Å². The van der Waals surface area contributed by atoms with Crippen LogP contribution in [0.5, 0.6) is 0 Å². The maximum absolute atomic E-state index is 13.0. The molecule has 3 aromatic rings. The zero-order chi connectivity index (χ0) is 21.0. The molecule has 4 bridgehead atoms. The molecule has 0 unspecified atom stereocenters. The Hall–Kier alpha value is -2.95. The largest absolute Gasteiger partial charge is 0.349 e. The lowest BCUT2D eigenvalue weighted by Gasteiger charge is -2.56. The number of nitrogens with zero attached hydrogens (tertiary/aromatic N) is 2. The summed E-state index contributed by atoms with van der Waals surface area (Å²) in [6.07, 6.45) is 7.32. The third kappa shape index (κ3) is 3.46. The summed E-state index contributed by atoms with van der Waals surface area (Å²) in [7, 11) is 0. The molecule has 0 spiro atoms. The molecule has 1 aromatic heterocycles. The highest BCUT2D eigenvalue weighted by Gasteiger charge is 2.51. The van der Waals surface area contributed by atoms with Gasteiger partial charge in [0.1, 0.15) is 6.54 Å². The molecule has 4 saturated carbocycles. The van der Waals surface area contributed by atoms with Gasteiger partial charge >= 0.3 is 0 Å². The summed E-state index contributed by atoms with van der Waals surface area (Å²) in [5.41, 5.74) is 1.35. The Balaban J connectivity index is 1.23. The fourth-order valence-electron chi connectivity index (χ4n) is 6.80. The van der Waals surface area contributed by atoms with Crippen LogP contribution in [-0.2, 0) is 11.3 Å². The molecule has 4 aliphatic rings. The van der Waals surface area contributed by atoms with E-state index in [1.54, 1.807) is 6.07 Å². The van der Waals surface area contributed by atoms with E-state index in [2.05, 4.69) is 34.7 Å². The first-order valence-corrected chi connectivity index (χ1v) is 11.4. The third-order valence-corrected chi connectivity index (χ3v) is 7.65. The van der Waals surface area contributed by atoms with Gasteiger partial charge in [-0.1, -0.05) is 36.4 Å². The zero-order valence-electron chi connectivity index (χ0n) is 17.6. The van der Waals surface area contributed by atoms with Crippen LogP contribution in [-0.4, -0.2) is 21.2 Å². The first kappa shape index (κ1) is 18.8. The Kier molecular flexibility index (Phi) is 4.27. The number of carbonyl (C=O) groups is 1. The second-order valence-electron chi connectivity index (χ2n) is 10.0. The molecular weight excluding hydrogens is 386 g/mol. The third-order valence-electron chi connectivity index (χ3n) is 7.65. The molecule has 1 N–H and O–H groups in total. The Labute approximate surface area is 181 Å². The molecule has 1 amide bonds. The van der Waals surface area contributed by atoms with Crippen LogP contribution in [0.4, 0.5) is 0 Å². The number of aromatic nitrogens is 2. The fourth-order valence-corrected chi connectivity index (χ4v) is 6.80. The maximum atomic E-state index is 13.0. The molecule has 5 nitrogen and oxygen atoms in total. The molecule has 158 valence electrons. The van der Waals surface area contributed by atoms with Crippen molar-refractivity contribution in [2.45, 2.75) is 50.6 Å². The number of benzene rings is 2. The summed E-state index contributed by atoms with van der Waals surface area (Å²) in [5, 5.41) is 10.2. The smallest absolute Gasteiger partial charge is 0.267 e. The molecule has 0 aliphatic heterocycles. The van der Waals surface area contributed by atoms with Crippen molar-refractivity contribution in [3.8, 4) is 11.3 Å². The van der Waals surface area contributed by atoms with Gasteiger partial charge in [0.05, 0.1) is 5.69 Å². The predicted molar refractivity (Wildman–Crippen MR) is 120 cm³/mol.